The third-order valence-electron chi connectivity index (χ3n) is 7.52. The van der Waals surface area contributed by atoms with Crippen molar-refractivity contribution in [3.8, 4) is 5.75 Å². The molecule has 1 aromatic carbocycles. The van der Waals surface area contributed by atoms with Gasteiger partial charge in [-0.25, -0.2) is 0 Å². The van der Waals surface area contributed by atoms with E-state index in [-0.39, 0.29) is 11.3 Å². The summed E-state index contributed by atoms with van der Waals surface area (Å²) in [6, 6.07) is 1.50. The first-order valence-electron chi connectivity index (χ1n) is 10.4. The lowest BCUT2D eigenvalue weighted by atomic mass is 9.49. The first-order valence-corrected chi connectivity index (χ1v) is 10.4. The van der Waals surface area contributed by atoms with Crippen molar-refractivity contribution in [2.24, 2.45) is 29.4 Å². The van der Waals surface area contributed by atoms with Gasteiger partial charge in [-0.15, -0.1) is 0 Å². The van der Waals surface area contributed by atoms with Gasteiger partial charge in [-0.05, 0) is 31.6 Å². The number of nitrogens with two attached hydrogens (primary N) is 2. The molecule has 0 saturated heterocycles. The fourth-order valence-corrected chi connectivity index (χ4v) is 6.01. The third-order valence-corrected chi connectivity index (χ3v) is 7.52. The topological polar surface area (TPSA) is 201 Å². The summed E-state index contributed by atoms with van der Waals surface area (Å²) < 4.78 is 0. The number of phenols is 1. The fraction of sp³-hybridized carbons (Fsp3) is 0.500. The van der Waals surface area contributed by atoms with Crippen LogP contribution in [0.25, 0.3) is 0 Å². The molecule has 3 aliphatic rings. The Kier molecular flexibility index (Phi) is 5.00. The van der Waals surface area contributed by atoms with E-state index < -0.39 is 82.1 Å². The first-order chi connectivity index (χ1) is 15.3. The molecule has 8 atom stereocenters. The van der Waals surface area contributed by atoms with Gasteiger partial charge >= 0.3 is 0 Å². The summed E-state index contributed by atoms with van der Waals surface area (Å²) in [7, 11) is 2.87. The van der Waals surface area contributed by atoms with Crippen molar-refractivity contribution < 1.29 is 39.3 Å². The number of rotatable bonds is 2. The van der Waals surface area contributed by atoms with Gasteiger partial charge in [-0.2, -0.15) is 0 Å². The van der Waals surface area contributed by atoms with Crippen molar-refractivity contribution in [1.29, 1.82) is 0 Å². The Bertz CT molecular complexity index is 1130. The number of aliphatic hydroxyl groups excluding tert-OH is 1. The molecule has 0 aliphatic heterocycles. The van der Waals surface area contributed by atoms with Crippen LogP contribution in [0.3, 0.4) is 0 Å². The van der Waals surface area contributed by atoms with Gasteiger partial charge in [0.1, 0.15) is 5.75 Å². The summed E-state index contributed by atoms with van der Waals surface area (Å²) in [6.07, 6.45) is -1.65. The third kappa shape index (κ3) is 2.69. The molecule has 0 radical (unpaired) electrons. The number of phenolic OH excluding ortho intramolecular Hbond substituents is 1. The lowest BCUT2D eigenvalue weighted by molar-refractivity contribution is -0.196. The molecular weight excluding hydrogens is 434 g/mol. The zero-order valence-electron chi connectivity index (χ0n) is 18.2. The van der Waals surface area contributed by atoms with Crippen LogP contribution in [0.15, 0.2) is 12.1 Å². The maximum atomic E-state index is 13.7. The maximum Gasteiger partial charge on any atom is 0.235 e. The molecule has 0 heterocycles. The molecule has 2 saturated carbocycles. The summed E-state index contributed by atoms with van der Waals surface area (Å²) in [5, 5.41) is 33.3. The molecule has 11 heteroatoms. The molecule has 0 aromatic heterocycles. The second-order valence-corrected chi connectivity index (χ2v) is 9.33. The van der Waals surface area contributed by atoms with E-state index in [1.807, 2.05) is 0 Å². The molecule has 3 aliphatic carbocycles. The molecule has 2 fully saturated rings. The highest BCUT2D eigenvalue weighted by Crippen LogP contribution is 2.54. The van der Waals surface area contributed by atoms with Crippen LogP contribution in [-0.4, -0.2) is 81.1 Å². The monoisotopic (exact) mass is 459 g/mol. The predicted molar refractivity (Wildman–Crippen MR) is 112 cm³/mol. The summed E-state index contributed by atoms with van der Waals surface area (Å²) in [4.78, 5) is 66.6. The number of carbonyl (C=O) groups is 5. The number of likely N-dealkylation sites (N-methyl/N-ethyl adjacent to an activating group) is 1. The minimum Gasteiger partial charge on any atom is -0.505 e. The number of benzene rings is 1. The van der Waals surface area contributed by atoms with Gasteiger partial charge in [0.25, 0.3) is 0 Å². The van der Waals surface area contributed by atoms with Crippen molar-refractivity contribution in [3.05, 3.63) is 23.3 Å². The molecule has 4 rings (SSSR count). The number of carbonyl (C=O) groups excluding carboxylic acids is 5. The van der Waals surface area contributed by atoms with Crippen molar-refractivity contribution in [3.63, 3.8) is 0 Å². The first kappa shape index (κ1) is 23.0. The zero-order valence-corrected chi connectivity index (χ0v) is 18.2. The molecule has 33 heavy (non-hydrogen) atoms. The zero-order chi connectivity index (χ0) is 24.7. The van der Waals surface area contributed by atoms with Gasteiger partial charge in [0.05, 0.1) is 35.2 Å². The van der Waals surface area contributed by atoms with Crippen LogP contribution in [-0.2, 0) is 19.2 Å². The number of amides is 1. The molecule has 11 nitrogen and oxygen atoms in total. The molecule has 1 aromatic rings. The predicted octanol–water partition coefficient (Wildman–Crippen LogP) is -2.02. The lowest BCUT2D eigenvalue weighted by Gasteiger charge is -2.56. The number of nitrogen functional groups attached to an aromatic ring is 1. The van der Waals surface area contributed by atoms with E-state index in [2.05, 4.69) is 0 Å². The number of aromatic hydroxyl groups is 1. The summed E-state index contributed by atoms with van der Waals surface area (Å²) in [5.41, 5.74) is 7.98. The van der Waals surface area contributed by atoms with E-state index in [9.17, 15) is 39.3 Å². The number of Topliss-reactive ketones (excluding diaryl/α,β-unsaturated/α-hetero) is 4. The fourth-order valence-electron chi connectivity index (χ4n) is 6.01. The molecule has 1 amide bonds. The van der Waals surface area contributed by atoms with Crippen LogP contribution in [0.5, 0.6) is 5.75 Å². The molecular formula is C22H25N3O8. The van der Waals surface area contributed by atoms with Gasteiger partial charge in [0.2, 0.25) is 5.91 Å². The van der Waals surface area contributed by atoms with Crippen molar-refractivity contribution >= 4 is 34.7 Å². The smallest absolute Gasteiger partial charge is 0.235 e. The summed E-state index contributed by atoms with van der Waals surface area (Å²) >= 11 is 0. The quantitative estimate of drug-likeness (QED) is 0.187. The minimum absolute atomic E-state index is 0.103. The van der Waals surface area contributed by atoms with Crippen LogP contribution in [0.4, 0.5) is 5.69 Å². The molecule has 7 unspecified atom stereocenters. The number of fused-ring (bicyclic) bond motifs is 3. The molecule has 0 bridgehead atoms. The number of anilines is 1. The average Bonchev–Trinajstić information content (AvgIpc) is 2.72. The molecule has 176 valence electrons. The van der Waals surface area contributed by atoms with E-state index >= 15 is 0 Å². The van der Waals surface area contributed by atoms with E-state index in [1.165, 1.54) is 31.1 Å². The number of primary amides is 1. The average molecular weight is 459 g/mol. The Labute approximate surface area is 188 Å². The van der Waals surface area contributed by atoms with Gasteiger partial charge in [0.15, 0.2) is 34.7 Å². The highest BCUT2D eigenvalue weighted by molar-refractivity contribution is 6.32. The Morgan fingerprint density at radius 3 is 2.27 bits per heavy atom. The molecule has 0 spiro atoms. The maximum absolute atomic E-state index is 13.7. The van der Waals surface area contributed by atoms with Gasteiger partial charge in [-0.3, -0.25) is 28.9 Å². The Hall–Kier alpha value is -3.15. The number of aliphatic hydroxyl groups is 2. The lowest BCUT2D eigenvalue weighted by Crippen LogP contribution is -2.77. The highest BCUT2D eigenvalue weighted by Gasteiger charge is 2.72. The van der Waals surface area contributed by atoms with Crippen molar-refractivity contribution in [1.82, 2.24) is 4.90 Å². The van der Waals surface area contributed by atoms with E-state index in [4.69, 9.17) is 11.5 Å². The Balaban J connectivity index is 1.97. The van der Waals surface area contributed by atoms with Crippen LogP contribution in [0.2, 0.25) is 0 Å². The SMILES string of the molecule is CC1c2ccc(N)c(O)c2C(=O)C2C(=O)C3(O)C(=O)C(C(N)=O)C(=O)[C@@H](N(C)C)C3C(O)C21. The van der Waals surface area contributed by atoms with Crippen molar-refractivity contribution in [2.45, 2.75) is 30.6 Å². The largest absolute Gasteiger partial charge is 0.505 e. The number of hydrogen-bond donors (Lipinski definition) is 5. The van der Waals surface area contributed by atoms with E-state index in [1.54, 1.807) is 6.92 Å². The number of nitrogens with zero attached hydrogens (tertiary/aromatic N) is 1. The second-order valence-electron chi connectivity index (χ2n) is 9.33. The standard InChI is InChI=1S/C22H25N3O8/c1-6-7-4-5-8(23)15(26)10(7)16(27)11-9(6)17(28)13-14(25(2)3)18(29)12(21(24)32)20(31)22(13,33)19(11)30/h4-6,9,11-14,17,26,28,33H,23H2,1-3H3,(H2,24,32)/t6?,9?,11?,12?,13?,14-,17?,22?/m0/s1. The van der Waals surface area contributed by atoms with Crippen LogP contribution >= 0.6 is 0 Å². The van der Waals surface area contributed by atoms with E-state index in [0.717, 1.165) is 0 Å². The normalized spacial score (nSPS) is 38.1. The number of ketones is 4. The second kappa shape index (κ2) is 7.17. The molecule has 7 N–H and O–H groups in total. The van der Waals surface area contributed by atoms with Crippen molar-refractivity contribution in [2.75, 3.05) is 19.8 Å². The van der Waals surface area contributed by atoms with Gasteiger partial charge < -0.3 is 26.8 Å². The van der Waals surface area contributed by atoms with Gasteiger partial charge in [-0.1, -0.05) is 13.0 Å². The van der Waals surface area contributed by atoms with Gasteiger partial charge in [0, 0.05) is 5.92 Å². The van der Waals surface area contributed by atoms with E-state index in [0.29, 0.717) is 5.56 Å². The summed E-state index contributed by atoms with van der Waals surface area (Å²) in [6.45, 7) is 1.63. The summed E-state index contributed by atoms with van der Waals surface area (Å²) in [5.74, 6) is -13.6. The minimum atomic E-state index is -3.01. The van der Waals surface area contributed by atoms with Crippen LogP contribution in [0, 0.1) is 23.7 Å². The number of hydrogen-bond acceptors (Lipinski definition) is 10. The van der Waals surface area contributed by atoms with Crippen LogP contribution in [0.1, 0.15) is 28.8 Å². The Morgan fingerprint density at radius 2 is 1.73 bits per heavy atom. The Morgan fingerprint density at radius 1 is 1.12 bits per heavy atom. The van der Waals surface area contributed by atoms with Crippen LogP contribution < -0.4 is 11.5 Å². The highest BCUT2D eigenvalue weighted by atomic mass is 16.3.